The first-order chi connectivity index (χ1) is 14.3. The molecule has 3 rings (SSSR count). The minimum Gasteiger partial charge on any atom is -0.497 e. The molecule has 3 aromatic rings. The van der Waals surface area contributed by atoms with Gasteiger partial charge in [0, 0.05) is 11.1 Å². The first kappa shape index (κ1) is 22.0. The van der Waals surface area contributed by atoms with Crippen molar-refractivity contribution in [1.29, 1.82) is 0 Å². The maximum atomic E-state index is 13.8. The molecule has 158 valence electrons. The highest BCUT2D eigenvalue weighted by atomic mass is 35.5. The molecule has 1 unspecified atom stereocenters. The van der Waals surface area contributed by atoms with Gasteiger partial charge < -0.3 is 9.47 Å². The molecule has 1 atom stereocenters. The summed E-state index contributed by atoms with van der Waals surface area (Å²) in [6, 6.07) is 18.6. The van der Waals surface area contributed by atoms with Crippen LogP contribution >= 0.6 is 11.6 Å². The van der Waals surface area contributed by atoms with E-state index in [1.807, 2.05) is 38.1 Å². The van der Waals surface area contributed by atoms with Gasteiger partial charge in [-0.1, -0.05) is 35.9 Å². The summed E-state index contributed by atoms with van der Waals surface area (Å²) in [5.41, 5.74) is 2.09. The number of nitrogens with zero attached hydrogens (tertiary/aromatic N) is 1. The molecule has 0 saturated heterocycles. The van der Waals surface area contributed by atoms with Crippen molar-refractivity contribution in [3.8, 4) is 11.5 Å². The van der Waals surface area contributed by atoms with E-state index in [1.54, 1.807) is 50.6 Å². The quantitative estimate of drug-likeness (QED) is 0.473. The predicted octanol–water partition coefficient (Wildman–Crippen LogP) is 5.62. The SMILES string of the molecule is COc1cccc(C(C)N(c2cccc(OC)c2)S(=O)(=O)c2ccc(C)c(Cl)c2)c1. The van der Waals surface area contributed by atoms with Crippen LogP contribution in [-0.2, 0) is 10.0 Å². The highest BCUT2D eigenvalue weighted by molar-refractivity contribution is 7.92. The Morgan fingerprint density at radius 2 is 1.53 bits per heavy atom. The summed E-state index contributed by atoms with van der Waals surface area (Å²) in [6.07, 6.45) is 0. The lowest BCUT2D eigenvalue weighted by Gasteiger charge is -2.31. The van der Waals surface area contributed by atoms with Gasteiger partial charge in [0.05, 0.1) is 30.8 Å². The van der Waals surface area contributed by atoms with Crippen LogP contribution in [0.1, 0.15) is 24.1 Å². The van der Waals surface area contributed by atoms with Gasteiger partial charge in [-0.2, -0.15) is 0 Å². The summed E-state index contributed by atoms with van der Waals surface area (Å²) in [5.74, 6) is 1.22. The maximum absolute atomic E-state index is 13.8. The molecule has 7 heteroatoms. The van der Waals surface area contributed by atoms with Gasteiger partial charge in [-0.15, -0.1) is 0 Å². The van der Waals surface area contributed by atoms with Gasteiger partial charge in [0.15, 0.2) is 0 Å². The van der Waals surface area contributed by atoms with Crippen molar-refractivity contribution in [1.82, 2.24) is 0 Å². The predicted molar refractivity (Wildman–Crippen MR) is 120 cm³/mol. The number of sulfonamides is 1. The third kappa shape index (κ3) is 4.40. The molecule has 0 aliphatic rings. The van der Waals surface area contributed by atoms with Crippen LogP contribution in [0.15, 0.2) is 71.6 Å². The van der Waals surface area contributed by atoms with E-state index in [-0.39, 0.29) is 4.90 Å². The molecule has 0 spiro atoms. The third-order valence-electron chi connectivity index (χ3n) is 4.94. The number of hydrogen-bond donors (Lipinski definition) is 0. The van der Waals surface area contributed by atoms with Gasteiger partial charge in [-0.25, -0.2) is 8.42 Å². The monoisotopic (exact) mass is 445 g/mol. The summed E-state index contributed by atoms with van der Waals surface area (Å²) < 4.78 is 39.5. The van der Waals surface area contributed by atoms with Gasteiger partial charge >= 0.3 is 0 Å². The zero-order valence-electron chi connectivity index (χ0n) is 17.3. The Kier molecular flexibility index (Phi) is 6.58. The van der Waals surface area contributed by atoms with E-state index in [2.05, 4.69) is 0 Å². The first-order valence-corrected chi connectivity index (χ1v) is 11.2. The van der Waals surface area contributed by atoms with Crippen molar-refractivity contribution in [2.24, 2.45) is 0 Å². The summed E-state index contributed by atoms with van der Waals surface area (Å²) in [4.78, 5) is 0.121. The van der Waals surface area contributed by atoms with Crippen LogP contribution in [0, 0.1) is 6.92 Å². The van der Waals surface area contributed by atoms with E-state index in [0.29, 0.717) is 22.2 Å². The fourth-order valence-electron chi connectivity index (χ4n) is 3.20. The van der Waals surface area contributed by atoms with Gasteiger partial charge in [-0.3, -0.25) is 4.31 Å². The van der Waals surface area contributed by atoms with Crippen LogP contribution in [0.4, 0.5) is 5.69 Å². The number of benzene rings is 3. The Hall–Kier alpha value is -2.70. The fourth-order valence-corrected chi connectivity index (χ4v) is 5.11. The average molecular weight is 446 g/mol. The van der Waals surface area contributed by atoms with E-state index in [1.165, 1.54) is 10.4 Å². The summed E-state index contributed by atoms with van der Waals surface area (Å²) in [5, 5.41) is 0.399. The lowest BCUT2D eigenvalue weighted by atomic mass is 10.1. The average Bonchev–Trinajstić information content (AvgIpc) is 2.75. The molecule has 0 aromatic heterocycles. The van der Waals surface area contributed by atoms with E-state index in [4.69, 9.17) is 21.1 Å². The Morgan fingerprint density at radius 1 is 0.900 bits per heavy atom. The number of hydrogen-bond acceptors (Lipinski definition) is 4. The van der Waals surface area contributed by atoms with Gasteiger partial charge in [0.25, 0.3) is 10.0 Å². The number of methoxy groups -OCH3 is 2. The number of ether oxygens (including phenoxy) is 2. The molecular weight excluding hydrogens is 422 g/mol. The standard InChI is InChI=1S/C23H24ClNO4S/c1-16-11-12-22(15-23(16)24)30(26,27)25(19-8-6-10-21(14-19)29-4)17(2)18-7-5-9-20(13-18)28-3/h5-15,17H,1-4H3. The molecule has 0 saturated carbocycles. The minimum atomic E-state index is -3.93. The normalized spacial score (nSPS) is 12.3. The maximum Gasteiger partial charge on any atom is 0.264 e. The fraction of sp³-hybridized carbons (Fsp3) is 0.217. The Bertz CT molecular complexity index is 1150. The summed E-state index contributed by atoms with van der Waals surface area (Å²) in [6.45, 7) is 3.67. The van der Waals surface area contributed by atoms with Crippen LogP contribution in [-0.4, -0.2) is 22.6 Å². The highest BCUT2D eigenvalue weighted by Crippen LogP contribution is 2.36. The van der Waals surface area contributed by atoms with Crippen LogP contribution in [0.2, 0.25) is 5.02 Å². The Labute approximate surface area is 182 Å². The first-order valence-electron chi connectivity index (χ1n) is 9.36. The van der Waals surface area contributed by atoms with Crippen LogP contribution in [0.25, 0.3) is 0 Å². The molecule has 5 nitrogen and oxygen atoms in total. The summed E-state index contributed by atoms with van der Waals surface area (Å²) in [7, 11) is -0.810. The van der Waals surface area contributed by atoms with Crippen molar-refractivity contribution in [3.63, 3.8) is 0 Å². The van der Waals surface area contributed by atoms with Gasteiger partial charge in [0.1, 0.15) is 11.5 Å². The van der Waals surface area contributed by atoms with E-state index in [0.717, 1.165) is 11.1 Å². The zero-order valence-corrected chi connectivity index (χ0v) is 18.9. The molecule has 0 bridgehead atoms. The second kappa shape index (κ2) is 8.98. The van der Waals surface area contributed by atoms with Gasteiger partial charge in [-0.05, 0) is 61.4 Å². The number of halogens is 1. The van der Waals surface area contributed by atoms with Crippen molar-refractivity contribution < 1.29 is 17.9 Å². The molecule has 0 aliphatic heterocycles. The molecule has 0 amide bonds. The minimum absolute atomic E-state index is 0.121. The van der Waals surface area contributed by atoms with Crippen molar-refractivity contribution in [2.75, 3.05) is 18.5 Å². The van der Waals surface area contributed by atoms with E-state index >= 15 is 0 Å². The van der Waals surface area contributed by atoms with Gasteiger partial charge in [0.2, 0.25) is 0 Å². The third-order valence-corrected chi connectivity index (χ3v) is 7.24. The van der Waals surface area contributed by atoms with Crippen molar-refractivity contribution in [2.45, 2.75) is 24.8 Å². The number of aryl methyl sites for hydroxylation is 1. The lowest BCUT2D eigenvalue weighted by molar-refractivity contribution is 0.413. The smallest absolute Gasteiger partial charge is 0.264 e. The van der Waals surface area contributed by atoms with Crippen LogP contribution < -0.4 is 13.8 Å². The second-order valence-electron chi connectivity index (χ2n) is 6.87. The number of rotatable bonds is 7. The molecule has 0 heterocycles. The van der Waals surface area contributed by atoms with Crippen molar-refractivity contribution >= 4 is 27.3 Å². The Balaban J connectivity index is 2.19. The zero-order chi connectivity index (χ0) is 21.9. The molecular formula is C23H24ClNO4S. The van der Waals surface area contributed by atoms with Crippen LogP contribution in [0.3, 0.4) is 0 Å². The molecule has 3 aromatic carbocycles. The molecule has 30 heavy (non-hydrogen) atoms. The largest absolute Gasteiger partial charge is 0.497 e. The summed E-state index contributed by atoms with van der Waals surface area (Å²) >= 11 is 6.23. The Morgan fingerprint density at radius 3 is 2.17 bits per heavy atom. The topological polar surface area (TPSA) is 55.8 Å². The highest BCUT2D eigenvalue weighted by Gasteiger charge is 2.31. The van der Waals surface area contributed by atoms with E-state index in [9.17, 15) is 8.42 Å². The number of anilines is 1. The molecule has 0 N–H and O–H groups in total. The lowest BCUT2D eigenvalue weighted by Crippen LogP contribution is -2.33. The van der Waals surface area contributed by atoms with E-state index < -0.39 is 16.1 Å². The second-order valence-corrected chi connectivity index (χ2v) is 9.09. The van der Waals surface area contributed by atoms with Crippen LogP contribution in [0.5, 0.6) is 11.5 Å². The molecule has 0 fully saturated rings. The molecule has 0 aliphatic carbocycles. The van der Waals surface area contributed by atoms with Crippen molar-refractivity contribution in [3.05, 3.63) is 82.9 Å². The molecule has 0 radical (unpaired) electrons.